The Morgan fingerprint density at radius 2 is 1.79 bits per heavy atom. The third-order valence-electron chi connectivity index (χ3n) is 4.67. The Labute approximate surface area is 175 Å². The van der Waals surface area contributed by atoms with E-state index in [1.165, 1.54) is 33.6 Å². The fraction of sp³-hybridized carbons (Fsp3) is 0.292. The highest BCUT2D eigenvalue weighted by Crippen LogP contribution is 2.32. The van der Waals surface area contributed by atoms with Crippen molar-refractivity contribution in [3.05, 3.63) is 76.2 Å². The minimum absolute atomic E-state index is 0.0500. The van der Waals surface area contributed by atoms with Gasteiger partial charge in [0.1, 0.15) is 6.61 Å². The molecule has 3 rings (SSSR count). The molecule has 0 amide bonds. The normalized spacial score (nSPS) is 11.9. The van der Waals surface area contributed by atoms with Crippen LogP contribution < -0.4 is 4.74 Å². The molecule has 1 N–H and O–H groups in total. The predicted molar refractivity (Wildman–Crippen MR) is 116 cm³/mol. The first-order valence-electron chi connectivity index (χ1n) is 9.69. The number of hydrogen-bond acceptors (Lipinski definition) is 5. The van der Waals surface area contributed by atoms with Gasteiger partial charge < -0.3 is 14.6 Å². The van der Waals surface area contributed by atoms with Crippen LogP contribution in [0.1, 0.15) is 41.0 Å². The van der Waals surface area contributed by atoms with Crippen LogP contribution >= 0.6 is 11.3 Å². The van der Waals surface area contributed by atoms with Gasteiger partial charge in [0, 0.05) is 4.88 Å². The number of ether oxygens (including phenoxy) is 2. The van der Waals surface area contributed by atoms with Gasteiger partial charge in [0.05, 0.1) is 19.1 Å². The Balaban J connectivity index is 1.65. The van der Waals surface area contributed by atoms with E-state index >= 15 is 0 Å². The van der Waals surface area contributed by atoms with E-state index < -0.39 is 12.1 Å². The Bertz CT molecular complexity index is 956. The molecule has 4 nitrogen and oxygen atoms in total. The minimum Gasteiger partial charge on any atom is -0.479 e. The smallest absolute Gasteiger partial charge is 0.308 e. The molecule has 0 bridgehead atoms. The Hall–Kier alpha value is -2.63. The highest BCUT2D eigenvalue weighted by molar-refractivity contribution is 7.13. The molecule has 0 aliphatic heterocycles. The summed E-state index contributed by atoms with van der Waals surface area (Å²) in [5.74, 6) is -0.404. The highest BCUT2D eigenvalue weighted by Gasteiger charge is 2.16. The van der Waals surface area contributed by atoms with Crippen LogP contribution in [0.2, 0.25) is 0 Å². The van der Waals surface area contributed by atoms with Gasteiger partial charge in [0.15, 0.2) is 5.06 Å². The monoisotopic (exact) mass is 410 g/mol. The van der Waals surface area contributed by atoms with Crippen LogP contribution in [0.5, 0.6) is 5.06 Å². The summed E-state index contributed by atoms with van der Waals surface area (Å²) in [5, 5.41) is 10.9. The summed E-state index contributed by atoms with van der Waals surface area (Å²) in [5.41, 5.74) is 6.02. The lowest BCUT2D eigenvalue weighted by Gasteiger charge is -2.12. The fourth-order valence-corrected chi connectivity index (χ4v) is 4.15. The second-order valence-corrected chi connectivity index (χ2v) is 8.02. The number of benzene rings is 2. The SMILES string of the molecule is CCOC(=O)CC(O)c1ccc(OCc2cccc(-c3c(C)cccc3C)c2)s1. The third-order valence-corrected chi connectivity index (χ3v) is 5.77. The maximum Gasteiger partial charge on any atom is 0.308 e. The lowest BCUT2D eigenvalue weighted by atomic mass is 9.95. The highest BCUT2D eigenvalue weighted by atomic mass is 32.1. The number of carbonyl (C=O) groups is 1. The Morgan fingerprint density at radius 3 is 2.52 bits per heavy atom. The lowest BCUT2D eigenvalue weighted by molar-refractivity contribution is -0.145. The van der Waals surface area contributed by atoms with Crippen molar-refractivity contribution >= 4 is 17.3 Å². The zero-order valence-electron chi connectivity index (χ0n) is 17.0. The van der Waals surface area contributed by atoms with Gasteiger partial charge in [-0.1, -0.05) is 36.4 Å². The molecule has 3 aromatic rings. The maximum absolute atomic E-state index is 11.5. The van der Waals surface area contributed by atoms with Crippen molar-refractivity contribution in [2.75, 3.05) is 6.61 Å². The summed E-state index contributed by atoms with van der Waals surface area (Å²) in [4.78, 5) is 12.2. The van der Waals surface area contributed by atoms with Crippen molar-refractivity contribution in [3.8, 4) is 16.2 Å². The second-order valence-electron chi connectivity index (χ2n) is 6.94. The summed E-state index contributed by atoms with van der Waals surface area (Å²) >= 11 is 1.35. The first-order chi connectivity index (χ1) is 14.0. The summed E-state index contributed by atoms with van der Waals surface area (Å²) in [6.07, 6.45) is -0.922. The number of rotatable bonds is 8. The maximum atomic E-state index is 11.5. The van der Waals surface area contributed by atoms with Crippen molar-refractivity contribution in [3.63, 3.8) is 0 Å². The van der Waals surface area contributed by atoms with Crippen LogP contribution in [0.25, 0.3) is 11.1 Å². The predicted octanol–water partition coefficient (Wildman–Crippen LogP) is 5.60. The second kappa shape index (κ2) is 9.72. The van der Waals surface area contributed by atoms with Gasteiger partial charge in [-0.05, 0) is 66.8 Å². The van der Waals surface area contributed by atoms with Crippen molar-refractivity contribution < 1.29 is 19.4 Å². The van der Waals surface area contributed by atoms with E-state index in [1.54, 1.807) is 13.0 Å². The van der Waals surface area contributed by atoms with Crippen LogP contribution in [0.3, 0.4) is 0 Å². The van der Waals surface area contributed by atoms with Crippen LogP contribution in [-0.2, 0) is 16.1 Å². The van der Waals surface area contributed by atoms with Crippen LogP contribution in [0.15, 0.2) is 54.6 Å². The molecule has 0 radical (unpaired) electrons. The number of aryl methyl sites for hydroxylation is 2. The number of carbonyl (C=O) groups excluding carboxylic acids is 1. The topological polar surface area (TPSA) is 55.8 Å². The molecule has 0 saturated carbocycles. The molecule has 1 heterocycles. The van der Waals surface area contributed by atoms with Crippen molar-refractivity contribution in [2.24, 2.45) is 0 Å². The first-order valence-corrected chi connectivity index (χ1v) is 10.5. The van der Waals surface area contributed by atoms with Gasteiger partial charge in [-0.25, -0.2) is 0 Å². The van der Waals surface area contributed by atoms with E-state index in [0.717, 1.165) is 5.56 Å². The van der Waals surface area contributed by atoms with E-state index in [1.807, 2.05) is 18.2 Å². The van der Waals surface area contributed by atoms with Crippen LogP contribution in [0, 0.1) is 13.8 Å². The molecule has 5 heteroatoms. The van der Waals surface area contributed by atoms with Gasteiger partial charge in [-0.2, -0.15) is 0 Å². The van der Waals surface area contributed by atoms with Gasteiger partial charge in [0.2, 0.25) is 0 Å². The van der Waals surface area contributed by atoms with Gasteiger partial charge in [-0.15, -0.1) is 11.3 Å². The van der Waals surface area contributed by atoms with Gasteiger partial charge >= 0.3 is 5.97 Å². The van der Waals surface area contributed by atoms with Crippen molar-refractivity contribution in [1.29, 1.82) is 0 Å². The van der Waals surface area contributed by atoms with E-state index in [4.69, 9.17) is 9.47 Å². The Morgan fingerprint density at radius 1 is 1.07 bits per heavy atom. The number of thiophene rings is 1. The molecule has 1 aromatic heterocycles. The van der Waals surface area contributed by atoms with Crippen LogP contribution in [0.4, 0.5) is 0 Å². The first kappa shape index (κ1) is 21.1. The molecule has 0 saturated heterocycles. The quantitative estimate of drug-likeness (QED) is 0.491. The molecule has 29 heavy (non-hydrogen) atoms. The van der Waals surface area contributed by atoms with E-state index in [-0.39, 0.29) is 6.42 Å². The third kappa shape index (κ3) is 5.46. The summed E-state index contributed by atoms with van der Waals surface area (Å²) in [7, 11) is 0. The molecular formula is C24H26O4S. The number of aliphatic hydroxyl groups excluding tert-OH is 1. The number of aliphatic hydroxyl groups is 1. The van der Waals surface area contributed by atoms with E-state index in [0.29, 0.717) is 23.2 Å². The molecule has 152 valence electrons. The molecule has 1 unspecified atom stereocenters. The van der Waals surface area contributed by atoms with E-state index in [2.05, 4.69) is 44.2 Å². The number of esters is 1. The zero-order chi connectivity index (χ0) is 20.8. The Kier molecular flexibility index (Phi) is 7.07. The molecule has 0 aliphatic carbocycles. The summed E-state index contributed by atoms with van der Waals surface area (Å²) in [6, 6.07) is 18.3. The fourth-order valence-electron chi connectivity index (χ4n) is 3.31. The standard InChI is InChI=1S/C24H26O4S/c1-4-27-22(26)14-20(25)21-11-12-23(29-21)28-15-18-9-6-10-19(13-18)24-16(2)7-5-8-17(24)3/h5-13,20,25H,4,14-15H2,1-3H3. The summed E-state index contributed by atoms with van der Waals surface area (Å²) in [6.45, 7) is 6.75. The zero-order valence-corrected chi connectivity index (χ0v) is 17.8. The summed E-state index contributed by atoms with van der Waals surface area (Å²) < 4.78 is 10.8. The minimum atomic E-state index is -0.872. The van der Waals surface area contributed by atoms with Crippen LogP contribution in [-0.4, -0.2) is 17.7 Å². The van der Waals surface area contributed by atoms with Gasteiger partial charge in [-0.3, -0.25) is 4.79 Å². The molecule has 2 aromatic carbocycles. The molecule has 0 spiro atoms. The largest absolute Gasteiger partial charge is 0.479 e. The average molecular weight is 411 g/mol. The molecule has 1 atom stereocenters. The molecular weight excluding hydrogens is 384 g/mol. The number of hydrogen-bond donors (Lipinski definition) is 1. The van der Waals surface area contributed by atoms with Crippen molar-refractivity contribution in [2.45, 2.75) is 39.9 Å². The average Bonchev–Trinajstić information content (AvgIpc) is 3.16. The van der Waals surface area contributed by atoms with E-state index in [9.17, 15) is 9.90 Å². The molecule has 0 aliphatic rings. The van der Waals surface area contributed by atoms with Crippen molar-refractivity contribution in [1.82, 2.24) is 0 Å². The molecule has 0 fully saturated rings. The van der Waals surface area contributed by atoms with Gasteiger partial charge in [0.25, 0.3) is 0 Å². The lowest BCUT2D eigenvalue weighted by Crippen LogP contribution is -2.09.